The number of rotatable bonds is 0. The van der Waals surface area contributed by atoms with Gasteiger partial charge in [0.2, 0.25) is 5.91 Å². The van der Waals surface area contributed by atoms with Gasteiger partial charge in [-0.15, -0.1) is 0 Å². The van der Waals surface area contributed by atoms with Gasteiger partial charge >= 0.3 is 0 Å². The highest BCUT2D eigenvalue weighted by atomic mass is 16.5. The molecule has 2 aromatic heterocycles. The minimum Gasteiger partial charge on any atom is -0.370 e. The number of hydrogen-bond acceptors (Lipinski definition) is 5. The second-order valence-corrected chi connectivity index (χ2v) is 7.07. The minimum atomic E-state index is -0.276. The van der Waals surface area contributed by atoms with E-state index in [9.17, 15) is 14.4 Å². The fourth-order valence-electron chi connectivity index (χ4n) is 3.33. The Labute approximate surface area is 167 Å². The smallest absolute Gasteiger partial charge is 0.256 e. The van der Waals surface area contributed by atoms with E-state index >= 15 is 0 Å². The van der Waals surface area contributed by atoms with Gasteiger partial charge in [0.25, 0.3) is 11.8 Å². The van der Waals surface area contributed by atoms with Crippen LogP contribution >= 0.6 is 0 Å². The van der Waals surface area contributed by atoms with Gasteiger partial charge in [-0.3, -0.25) is 19.4 Å². The lowest BCUT2D eigenvalue weighted by atomic mass is 10.0. The van der Waals surface area contributed by atoms with Gasteiger partial charge in [-0.25, -0.2) is 0 Å². The van der Waals surface area contributed by atoms with Crippen LogP contribution in [0.3, 0.4) is 0 Å². The summed E-state index contributed by atoms with van der Waals surface area (Å²) < 4.78 is 5.37. The standard InChI is InChI=1S/C20H21N5O4/c1-11-5-15-16(23-11)7-14-13-6-12(21-9-17(13)24-19(14)27)8-22-18(26)10-29-4-3-25(2)20(15)28/h5-7,9,23H,3-4,8,10H2,1-2H3,(H,22,26)(H,24,27)/b14-7-. The summed E-state index contributed by atoms with van der Waals surface area (Å²) in [5, 5.41) is 5.52. The van der Waals surface area contributed by atoms with Gasteiger partial charge in [0.15, 0.2) is 0 Å². The molecule has 0 radical (unpaired) electrons. The molecule has 4 rings (SSSR count). The lowest BCUT2D eigenvalue weighted by Crippen LogP contribution is -2.32. The van der Waals surface area contributed by atoms with Crippen molar-refractivity contribution in [2.75, 3.05) is 32.1 Å². The van der Waals surface area contributed by atoms with Gasteiger partial charge in [-0.1, -0.05) is 0 Å². The van der Waals surface area contributed by atoms with E-state index in [1.54, 1.807) is 31.5 Å². The number of carbonyl (C=O) groups excluding carboxylic acids is 3. The molecule has 0 spiro atoms. The molecule has 9 nitrogen and oxygen atoms in total. The normalized spacial score (nSPS) is 19.3. The molecule has 2 bridgehead atoms. The maximum atomic E-state index is 12.9. The maximum absolute atomic E-state index is 12.9. The Balaban J connectivity index is 1.80. The molecule has 0 unspecified atom stereocenters. The number of amides is 3. The lowest BCUT2D eigenvalue weighted by Gasteiger charge is -2.17. The Bertz CT molecular complexity index is 1040. The Morgan fingerprint density at radius 2 is 2.00 bits per heavy atom. The van der Waals surface area contributed by atoms with Crippen molar-refractivity contribution in [1.29, 1.82) is 0 Å². The highest BCUT2D eigenvalue weighted by Gasteiger charge is 2.27. The van der Waals surface area contributed by atoms with Crippen molar-refractivity contribution in [3.63, 3.8) is 0 Å². The van der Waals surface area contributed by atoms with E-state index in [1.807, 2.05) is 6.92 Å². The first kappa shape index (κ1) is 18.9. The van der Waals surface area contributed by atoms with Crippen molar-refractivity contribution in [1.82, 2.24) is 20.2 Å². The third kappa shape index (κ3) is 3.77. The Morgan fingerprint density at radius 1 is 1.17 bits per heavy atom. The third-order valence-electron chi connectivity index (χ3n) is 4.86. The first-order valence-electron chi connectivity index (χ1n) is 9.24. The summed E-state index contributed by atoms with van der Waals surface area (Å²) in [4.78, 5) is 46.4. The molecule has 0 fully saturated rings. The zero-order chi connectivity index (χ0) is 20.5. The molecule has 3 amide bonds. The number of carbonyl (C=O) groups is 3. The van der Waals surface area contributed by atoms with Crippen LogP contribution in [-0.4, -0.2) is 59.4 Å². The van der Waals surface area contributed by atoms with Gasteiger partial charge in [0.1, 0.15) is 6.61 Å². The first-order valence-corrected chi connectivity index (χ1v) is 9.24. The summed E-state index contributed by atoms with van der Waals surface area (Å²) in [6.07, 6.45) is 3.24. The summed E-state index contributed by atoms with van der Waals surface area (Å²) in [7, 11) is 1.67. The Kier molecular flexibility index (Phi) is 4.89. The highest BCUT2D eigenvalue weighted by molar-refractivity contribution is 6.35. The number of likely N-dealkylation sites (N-methyl/N-ethyl adjacent to an activating group) is 1. The zero-order valence-electron chi connectivity index (χ0n) is 16.2. The molecular formula is C20H21N5O4. The third-order valence-corrected chi connectivity index (χ3v) is 4.86. The molecule has 2 aliphatic heterocycles. The summed E-state index contributed by atoms with van der Waals surface area (Å²) in [6.45, 7) is 2.54. The van der Waals surface area contributed by atoms with E-state index in [2.05, 4.69) is 20.6 Å². The zero-order valence-corrected chi connectivity index (χ0v) is 16.2. The van der Waals surface area contributed by atoms with E-state index in [0.717, 1.165) is 5.69 Å². The van der Waals surface area contributed by atoms with Crippen LogP contribution in [0.15, 0.2) is 18.3 Å². The van der Waals surface area contributed by atoms with E-state index in [1.165, 1.54) is 4.90 Å². The number of nitrogens with one attached hydrogen (secondary N) is 3. The van der Waals surface area contributed by atoms with Crippen LogP contribution in [0.25, 0.3) is 11.6 Å². The topological polar surface area (TPSA) is 116 Å². The van der Waals surface area contributed by atoms with Crippen LogP contribution in [-0.2, 0) is 20.9 Å². The number of fused-ring (bicyclic) bond motifs is 2. The summed E-state index contributed by atoms with van der Waals surface area (Å²) in [5.41, 5.74) is 4.17. The molecule has 29 heavy (non-hydrogen) atoms. The van der Waals surface area contributed by atoms with E-state index in [-0.39, 0.29) is 37.5 Å². The van der Waals surface area contributed by atoms with Crippen LogP contribution in [0.4, 0.5) is 5.69 Å². The van der Waals surface area contributed by atoms with E-state index in [4.69, 9.17) is 4.74 Å². The van der Waals surface area contributed by atoms with Gasteiger partial charge in [0.05, 0.1) is 47.6 Å². The number of aromatic nitrogens is 2. The predicted octanol–water partition coefficient (Wildman–Crippen LogP) is 0.929. The molecule has 0 saturated carbocycles. The number of H-pyrrole nitrogens is 1. The summed E-state index contributed by atoms with van der Waals surface area (Å²) >= 11 is 0. The lowest BCUT2D eigenvalue weighted by molar-refractivity contribution is -0.125. The Hall–Kier alpha value is -3.46. The fourth-order valence-corrected chi connectivity index (χ4v) is 3.33. The van der Waals surface area contributed by atoms with Gasteiger partial charge in [0, 0.05) is 24.8 Å². The van der Waals surface area contributed by atoms with Crippen LogP contribution in [0.1, 0.15) is 33.0 Å². The molecule has 2 aromatic rings. The number of nitrogens with zero attached hydrogens (tertiary/aromatic N) is 2. The average Bonchev–Trinajstić information content (AvgIpc) is 3.21. The number of aromatic amines is 1. The maximum Gasteiger partial charge on any atom is 0.256 e. The number of hydrogen-bond donors (Lipinski definition) is 3. The van der Waals surface area contributed by atoms with Crippen LogP contribution in [0.2, 0.25) is 0 Å². The molecule has 2 aliphatic rings. The number of pyridine rings is 1. The monoisotopic (exact) mass is 395 g/mol. The predicted molar refractivity (Wildman–Crippen MR) is 106 cm³/mol. The van der Waals surface area contributed by atoms with Crippen molar-refractivity contribution < 1.29 is 19.1 Å². The molecule has 3 N–H and O–H groups in total. The number of aryl methyl sites for hydroxylation is 1. The number of ether oxygens (including phenoxy) is 1. The Morgan fingerprint density at radius 3 is 2.83 bits per heavy atom. The minimum absolute atomic E-state index is 0.104. The largest absolute Gasteiger partial charge is 0.370 e. The van der Waals surface area contributed by atoms with Crippen molar-refractivity contribution in [2.24, 2.45) is 0 Å². The molecule has 9 heteroatoms. The van der Waals surface area contributed by atoms with Crippen LogP contribution in [0, 0.1) is 6.92 Å². The van der Waals surface area contributed by atoms with Crippen molar-refractivity contribution in [3.8, 4) is 0 Å². The molecular weight excluding hydrogens is 374 g/mol. The van der Waals surface area contributed by atoms with Crippen LogP contribution in [0.5, 0.6) is 0 Å². The second-order valence-electron chi connectivity index (χ2n) is 7.07. The van der Waals surface area contributed by atoms with E-state index in [0.29, 0.717) is 40.3 Å². The second kappa shape index (κ2) is 7.51. The number of anilines is 1. The molecule has 0 aliphatic carbocycles. The molecule has 0 saturated heterocycles. The molecule has 0 atom stereocenters. The van der Waals surface area contributed by atoms with Gasteiger partial charge < -0.3 is 25.3 Å². The molecule has 150 valence electrons. The fraction of sp³-hybridized carbons (Fsp3) is 0.300. The van der Waals surface area contributed by atoms with Crippen molar-refractivity contribution in [2.45, 2.75) is 13.5 Å². The average molecular weight is 395 g/mol. The summed E-state index contributed by atoms with van der Waals surface area (Å²) in [5.74, 6) is -0.742. The highest BCUT2D eigenvalue weighted by Crippen LogP contribution is 2.33. The quantitative estimate of drug-likeness (QED) is 0.614. The SMILES string of the molecule is Cc1cc2c([nH]1)/C=C1\C(=O)Nc3cnc(cc31)CNC(=O)COCCN(C)C2=O. The van der Waals surface area contributed by atoms with Crippen LogP contribution < -0.4 is 10.6 Å². The van der Waals surface area contributed by atoms with Crippen molar-refractivity contribution in [3.05, 3.63) is 46.5 Å². The van der Waals surface area contributed by atoms with Gasteiger partial charge in [-0.05, 0) is 25.1 Å². The first-order chi connectivity index (χ1) is 13.9. The van der Waals surface area contributed by atoms with E-state index < -0.39 is 0 Å². The molecule has 0 aromatic carbocycles. The molecule has 4 heterocycles. The van der Waals surface area contributed by atoms with Crippen molar-refractivity contribution >= 4 is 35.1 Å². The van der Waals surface area contributed by atoms with Gasteiger partial charge in [-0.2, -0.15) is 0 Å². The summed E-state index contributed by atoms with van der Waals surface area (Å²) in [6, 6.07) is 3.52.